The molecule has 0 radical (unpaired) electrons. The monoisotopic (exact) mass is 320 g/mol. The molecule has 0 bridgehead atoms. The lowest BCUT2D eigenvalue weighted by Crippen LogP contribution is -2.29. The van der Waals surface area contributed by atoms with Gasteiger partial charge in [0.1, 0.15) is 0 Å². The van der Waals surface area contributed by atoms with Crippen LogP contribution in [0.25, 0.3) is 0 Å². The van der Waals surface area contributed by atoms with E-state index in [2.05, 4.69) is 6.92 Å². The minimum absolute atomic E-state index is 0.111. The first-order valence-electron chi connectivity index (χ1n) is 7.91. The number of carbonyl (C=O) groups is 2. The molecule has 2 aliphatic rings. The van der Waals surface area contributed by atoms with Crippen LogP contribution in [0, 0.1) is 11.3 Å². The SMILES string of the molecule is CCC1(C(=O)Cl)CCCCC1.O=C(Cl)C1CCCCC1. The van der Waals surface area contributed by atoms with Crippen LogP contribution in [-0.2, 0) is 9.59 Å². The number of carbonyl (C=O) groups excluding carboxylic acids is 2. The molecule has 0 N–H and O–H groups in total. The maximum atomic E-state index is 11.1. The van der Waals surface area contributed by atoms with Gasteiger partial charge in [-0.25, -0.2) is 0 Å². The Morgan fingerprint density at radius 1 is 0.950 bits per heavy atom. The molecule has 0 saturated heterocycles. The molecule has 0 heterocycles. The quantitative estimate of drug-likeness (QED) is 0.648. The summed E-state index contributed by atoms with van der Waals surface area (Å²) in [6, 6.07) is 0. The lowest BCUT2D eigenvalue weighted by molar-refractivity contribution is -0.122. The first-order valence-corrected chi connectivity index (χ1v) is 8.67. The van der Waals surface area contributed by atoms with Crippen molar-refractivity contribution in [1.29, 1.82) is 0 Å². The van der Waals surface area contributed by atoms with E-state index in [0.29, 0.717) is 0 Å². The van der Waals surface area contributed by atoms with Crippen molar-refractivity contribution >= 4 is 33.7 Å². The van der Waals surface area contributed by atoms with Crippen molar-refractivity contribution in [2.24, 2.45) is 11.3 Å². The fourth-order valence-electron chi connectivity index (χ4n) is 3.25. The third-order valence-corrected chi connectivity index (χ3v) is 5.54. The molecule has 0 aromatic heterocycles. The van der Waals surface area contributed by atoms with Crippen molar-refractivity contribution in [3.8, 4) is 0 Å². The smallest absolute Gasteiger partial charge is 0.227 e. The lowest BCUT2D eigenvalue weighted by Gasteiger charge is -2.32. The van der Waals surface area contributed by atoms with E-state index < -0.39 is 0 Å². The van der Waals surface area contributed by atoms with Gasteiger partial charge in [0.15, 0.2) is 0 Å². The highest BCUT2D eigenvalue weighted by Crippen LogP contribution is 2.40. The molecule has 0 aromatic carbocycles. The van der Waals surface area contributed by atoms with Gasteiger partial charge in [0, 0.05) is 11.3 Å². The van der Waals surface area contributed by atoms with Gasteiger partial charge >= 0.3 is 0 Å². The number of rotatable bonds is 3. The molecular weight excluding hydrogens is 295 g/mol. The topological polar surface area (TPSA) is 34.1 Å². The summed E-state index contributed by atoms with van der Waals surface area (Å²) < 4.78 is 0. The van der Waals surface area contributed by atoms with E-state index in [-0.39, 0.29) is 21.8 Å². The summed E-state index contributed by atoms with van der Waals surface area (Å²) in [6.45, 7) is 2.06. The van der Waals surface area contributed by atoms with Crippen LogP contribution >= 0.6 is 23.2 Å². The summed E-state index contributed by atoms with van der Waals surface area (Å²) in [5.74, 6) is 0.181. The van der Waals surface area contributed by atoms with E-state index in [4.69, 9.17) is 23.2 Å². The Labute approximate surface area is 132 Å². The predicted molar refractivity (Wildman–Crippen MR) is 84.1 cm³/mol. The molecule has 2 rings (SSSR count). The Hall–Kier alpha value is -0.0800. The highest BCUT2D eigenvalue weighted by Gasteiger charge is 2.36. The van der Waals surface area contributed by atoms with Crippen molar-refractivity contribution in [2.45, 2.75) is 77.6 Å². The molecule has 2 fully saturated rings. The normalized spacial score (nSPS) is 22.6. The van der Waals surface area contributed by atoms with E-state index in [1.165, 1.54) is 38.5 Å². The molecule has 0 aliphatic heterocycles. The molecule has 2 aliphatic carbocycles. The minimum atomic E-state index is -0.153. The number of hydrogen-bond acceptors (Lipinski definition) is 2. The van der Waals surface area contributed by atoms with E-state index in [0.717, 1.165) is 32.1 Å². The maximum absolute atomic E-state index is 11.1. The van der Waals surface area contributed by atoms with Crippen molar-refractivity contribution < 1.29 is 9.59 Å². The van der Waals surface area contributed by atoms with Gasteiger partial charge in [-0.1, -0.05) is 45.4 Å². The fraction of sp³-hybridized carbons (Fsp3) is 0.875. The maximum Gasteiger partial charge on any atom is 0.227 e. The third-order valence-electron chi connectivity index (χ3n) is 4.83. The average molecular weight is 321 g/mol. The molecule has 0 spiro atoms. The van der Waals surface area contributed by atoms with Crippen LogP contribution in [0.4, 0.5) is 0 Å². The predicted octanol–water partition coefficient (Wildman–Crippen LogP) is 5.44. The molecule has 2 saturated carbocycles. The second kappa shape index (κ2) is 9.04. The average Bonchev–Trinajstić information content (AvgIpc) is 2.49. The number of halogens is 2. The largest absolute Gasteiger partial charge is 0.281 e. The van der Waals surface area contributed by atoms with Gasteiger partial charge in [-0.3, -0.25) is 9.59 Å². The van der Waals surface area contributed by atoms with E-state index >= 15 is 0 Å². The van der Waals surface area contributed by atoms with Crippen molar-refractivity contribution in [2.75, 3.05) is 0 Å². The zero-order chi connectivity index (χ0) is 15.0. The Bertz CT molecular complexity index is 316. The zero-order valence-corrected chi connectivity index (χ0v) is 13.9. The van der Waals surface area contributed by atoms with Crippen LogP contribution in [0.5, 0.6) is 0 Å². The van der Waals surface area contributed by atoms with Crippen molar-refractivity contribution in [3.05, 3.63) is 0 Å². The molecule has 0 atom stereocenters. The van der Waals surface area contributed by atoms with Crippen LogP contribution in [0.2, 0.25) is 0 Å². The molecule has 20 heavy (non-hydrogen) atoms. The molecule has 116 valence electrons. The third kappa shape index (κ3) is 5.37. The zero-order valence-electron chi connectivity index (χ0n) is 12.4. The molecule has 0 aromatic rings. The number of hydrogen-bond donors (Lipinski definition) is 0. The van der Waals surface area contributed by atoms with E-state index in [1.807, 2.05) is 0 Å². The molecule has 4 heteroatoms. The van der Waals surface area contributed by atoms with E-state index in [1.54, 1.807) is 0 Å². The van der Waals surface area contributed by atoms with Crippen LogP contribution in [0.15, 0.2) is 0 Å². The van der Waals surface area contributed by atoms with Crippen LogP contribution in [0.1, 0.15) is 77.6 Å². The summed E-state index contributed by atoms with van der Waals surface area (Å²) in [6.07, 6.45) is 12.2. The second-order valence-electron chi connectivity index (χ2n) is 6.11. The Morgan fingerprint density at radius 2 is 1.45 bits per heavy atom. The summed E-state index contributed by atoms with van der Waals surface area (Å²) in [5.41, 5.74) is -0.153. The van der Waals surface area contributed by atoms with Gasteiger partial charge in [0.2, 0.25) is 10.5 Å². The Balaban J connectivity index is 0.000000204. The Kier molecular flexibility index (Phi) is 8.13. The van der Waals surface area contributed by atoms with Gasteiger partial charge in [-0.15, -0.1) is 0 Å². The first kappa shape index (κ1) is 18.0. The van der Waals surface area contributed by atoms with Gasteiger partial charge in [0.05, 0.1) is 0 Å². The first-order chi connectivity index (χ1) is 9.52. The standard InChI is InChI=1S/C9H15ClO.C7H11ClO/c1-2-9(8(10)11)6-4-3-5-7-9;8-7(9)6-4-2-1-3-5-6/h2-7H2,1H3;6H,1-5H2. The van der Waals surface area contributed by atoms with Gasteiger partial charge in [0.25, 0.3) is 0 Å². The molecular formula is C16H26Cl2O2. The highest BCUT2D eigenvalue weighted by molar-refractivity contribution is 6.64. The van der Waals surface area contributed by atoms with Crippen LogP contribution in [0.3, 0.4) is 0 Å². The highest BCUT2D eigenvalue weighted by atomic mass is 35.5. The fourth-order valence-corrected chi connectivity index (χ4v) is 3.79. The molecule has 0 amide bonds. The molecule has 2 nitrogen and oxygen atoms in total. The van der Waals surface area contributed by atoms with Crippen LogP contribution in [-0.4, -0.2) is 10.5 Å². The summed E-state index contributed by atoms with van der Waals surface area (Å²) in [4.78, 5) is 21.7. The van der Waals surface area contributed by atoms with Crippen LogP contribution < -0.4 is 0 Å². The summed E-state index contributed by atoms with van der Waals surface area (Å²) >= 11 is 10.9. The van der Waals surface area contributed by atoms with Crippen molar-refractivity contribution in [3.63, 3.8) is 0 Å². The summed E-state index contributed by atoms with van der Waals surface area (Å²) in [5, 5.41) is -0.241. The minimum Gasteiger partial charge on any atom is -0.281 e. The van der Waals surface area contributed by atoms with Crippen molar-refractivity contribution in [1.82, 2.24) is 0 Å². The second-order valence-corrected chi connectivity index (χ2v) is 6.82. The lowest BCUT2D eigenvalue weighted by atomic mass is 9.73. The molecule has 0 unspecified atom stereocenters. The van der Waals surface area contributed by atoms with E-state index in [9.17, 15) is 9.59 Å². The van der Waals surface area contributed by atoms with Gasteiger partial charge < -0.3 is 0 Å². The summed E-state index contributed by atoms with van der Waals surface area (Å²) in [7, 11) is 0. The van der Waals surface area contributed by atoms with Gasteiger partial charge in [-0.2, -0.15) is 0 Å². The Morgan fingerprint density at radius 3 is 1.75 bits per heavy atom. The van der Waals surface area contributed by atoms with Gasteiger partial charge in [-0.05, 0) is 55.3 Å².